The van der Waals surface area contributed by atoms with Crippen LogP contribution in [0.1, 0.15) is 21.5 Å². The molecule has 2 aromatic carbocycles. The standard InChI is InChI=1S/C16H13NO4S/c1-22(19,20)15-4-2-3-14(9-15)16(18)21-11-13-7-5-12(10-17)6-8-13/h2-9H,11H2,1H3. The lowest BCUT2D eigenvalue weighted by Crippen LogP contribution is -2.07. The quantitative estimate of drug-likeness (QED) is 0.808. The van der Waals surface area contributed by atoms with Crippen LogP contribution in [0.25, 0.3) is 0 Å². The first kappa shape index (κ1) is 15.7. The minimum absolute atomic E-state index is 0.0493. The Hall–Kier alpha value is -2.65. The van der Waals surface area contributed by atoms with E-state index in [0.717, 1.165) is 11.8 Å². The molecule has 0 heterocycles. The van der Waals surface area contributed by atoms with Crippen molar-refractivity contribution in [2.45, 2.75) is 11.5 Å². The molecule has 0 unspecified atom stereocenters. The Morgan fingerprint density at radius 3 is 2.45 bits per heavy atom. The van der Waals surface area contributed by atoms with Gasteiger partial charge >= 0.3 is 5.97 Å². The predicted octanol–water partition coefficient (Wildman–Crippen LogP) is 2.32. The van der Waals surface area contributed by atoms with E-state index in [4.69, 9.17) is 10.00 Å². The molecule has 0 aliphatic heterocycles. The molecule has 0 saturated heterocycles. The topological polar surface area (TPSA) is 84.2 Å². The molecule has 0 amide bonds. The van der Waals surface area contributed by atoms with Crippen molar-refractivity contribution in [2.24, 2.45) is 0 Å². The van der Waals surface area contributed by atoms with Gasteiger partial charge in [0, 0.05) is 6.26 Å². The van der Waals surface area contributed by atoms with Crippen LogP contribution in [0.5, 0.6) is 0 Å². The minimum atomic E-state index is -3.37. The van der Waals surface area contributed by atoms with Crippen molar-refractivity contribution in [3.05, 3.63) is 65.2 Å². The van der Waals surface area contributed by atoms with Gasteiger partial charge in [-0.15, -0.1) is 0 Å². The van der Waals surface area contributed by atoms with Gasteiger partial charge in [0.15, 0.2) is 9.84 Å². The Labute approximate surface area is 128 Å². The molecule has 22 heavy (non-hydrogen) atoms. The van der Waals surface area contributed by atoms with Crippen LogP contribution >= 0.6 is 0 Å². The van der Waals surface area contributed by atoms with Crippen LogP contribution in [0.15, 0.2) is 53.4 Å². The van der Waals surface area contributed by atoms with Crippen molar-refractivity contribution in [1.29, 1.82) is 5.26 Å². The molecule has 0 radical (unpaired) electrons. The van der Waals surface area contributed by atoms with Gasteiger partial charge in [0.1, 0.15) is 6.61 Å². The zero-order valence-corrected chi connectivity index (χ0v) is 12.6. The van der Waals surface area contributed by atoms with Gasteiger partial charge in [0.05, 0.1) is 22.1 Å². The number of esters is 1. The van der Waals surface area contributed by atoms with Crippen LogP contribution in [-0.2, 0) is 21.2 Å². The van der Waals surface area contributed by atoms with E-state index in [9.17, 15) is 13.2 Å². The fourth-order valence-electron chi connectivity index (χ4n) is 1.76. The molecule has 0 atom stereocenters. The molecule has 5 nitrogen and oxygen atoms in total. The van der Waals surface area contributed by atoms with E-state index < -0.39 is 15.8 Å². The number of sulfone groups is 1. The number of hydrogen-bond donors (Lipinski definition) is 0. The van der Waals surface area contributed by atoms with Crippen molar-refractivity contribution in [1.82, 2.24) is 0 Å². The summed E-state index contributed by atoms with van der Waals surface area (Å²) in [6.07, 6.45) is 1.08. The van der Waals surface area contributed by atoms with Crippen molar-refractivity contribution in [3.63, 3.8) is 0 Å². The normalized spacial score (nSPS) is 10.7. The SMILES string of the molecule is CS(=O)(=O)c1cccc(C(=O)OCc2ccc(C#N)cc2)c1. The molecule has 2 aromatic rings. The van der Waals surface area contributed by atoms with E-state index in [1.165, 1.54) is 24.3 Å². The Balaban J connectivity index is 2.08. The van der Waals surface area contributed by atoms with Gasteiger partial charge in [-0.05, 0) is 35.9 Å². The van der Waals surface area contributed by atoms with Gasteiger partial charge in [-0.2, -0.15) is 5.26 Å². The van der Waals surface area contributed by atoms with Gasteiger partial charge in [0.2, 0.25) is 0 Å². The molecular weight excluding hydrogens is 302 g/mol. The van der Waals surface area contributed by atoms with E-state index >= 15 is 0 Å². The van der Waals surface area contributed by atoms with Gasteiger partial charge in [-0.25, -0.2) is 13.2 Å². The molecule has 0 fully saturated rings. The minimum Gasteiger partial charge on any atom is -0.457 e. The molecule has 0 N–H and O–H groups in total. The average molecular weight is 315 g/mol. The Morgan fingerprint density at radius 1 is 1.18 bits per heavy atom. The third kappa shape index (κ3) is 3.93. The zero-order valence-electron chi connectivity index (χ0n) is 11.8. The highest BCUT2D eigenvalue weighted by molar-refractivity contribution is 7.90. The Morgan fingerprint density at radius 2 is 1.86 bits per heavy atom. The van der Waals surface area contributed by atoms with E-state index in [-0.39, 0.29) is 17.1 Å². The highest BCUT2D eigenvalue weighted by Gasteiger charge is 2.12. The Kier molecular flexibility index (Phi) is 4.59. The maximum atomic E-state index is 12.0. The molecule has 0 aliphatic carbocycles. The molecule has 112 valence electrons. The third-order valence-electron chi connectivity index (χ3n) is 2.95. The summed E-state index contributed by atoms with van der Waals surface area (Å²) in [6, 6.07) is 14.4. The summed E-state index contributed by atoms with van der Waals surface area (Å²) >= 11 is 0. The lowest BCUT2D eigenvalue weighted by molar-refractivity contribution is 0.0472. The Bertz CT molecular complexity index is 833. The van der Waals surface area contributed by atoms with E-state index in [1.54, 1.807) is 24.3 Å². The summed E-state index contributed by atoms with van der Waals surface area (Å²) in [7, 11) is -3.37. The van der Waals surface area contributed by atoms with Crippen molar-refractivity contribution < 1.29 is 17.9 Å². The first-order valence-electron chi connectivity index (χ1n) is 6.36. The summed E-state index contributed by atoms with van der Waals surface area (Å²) in [4.78, 5) is 12.0. The molecule has 6 heteroatoms. The van der Waals surface area contributed by atoms with E-state index in [2.05, 4.69) is 0 Å². The fraction of sp³-hybridized carbons (Fsp3) is 0.125. The van der Waals surface area contributed by atoms with Crippen LogP contribution in [0.2, 0.25) is 0 Å². The molecule has 2 rings (SSSR count). The van der Waals surface area contributed by atoms with Gasteiger partial charge in [-0.3, -0.25) is 0 Å². The van der Waals surface area contributed by atoms with Crippen LogP contribution in [0.3, 0.4) is 0 Å². The second-order valence-electron chi connectivity index (χ2n) is 4.68. The molecule has 0 aromatic heterocycles. The van der Waals surface area contributed by atoms with E-state index in [1.807, 2.05) is 6.07 Å². The monoisotopic (exact) mass is 315 g/mol. The van der Waals surface area contributed by atoms with Crippen molar-refractivity contribution >= 4 is 15.8 Å². The van der Waals surface area contributed by atoms with Crippen LogP contribution in [-0.4, -0.2) is 20.6 Å². The number of rotatable bonds is 4. The van der Waals surface area contributed by atoms with E-state index in [0.29, 0.717) is 5.56 Å². The number of benzene rings is 2. The molecule has 0 spiro atoms. The smallest absolute Gasteiger partial charge is 0.338 e. The molecule has 0 bridgehead atoms. The van der Waals surface area contributed by atoms with Crippen molar-refractivity contribution in [3.8, 4) is 6.07 Å². The lowest BCUT2D eigenvalue weighted by Gasteiger charge is -2.06. The van der Waals surface area contributed by atoms with Crippen LogP contribution in [0, 0.1) is 11.3 Å². The van der Waals surface area contributed by atoms with Crippen molar-refractivity contribution in [2.75, 3.05) is 6.26 Å². The summed E-state index contributed by atoms with van der Waals surface area (Å²) in [5, 5.41) is 8.70. The molecular formula is C16H13NO4S. The van der Waals surface area contributed by atoms with Gasteiger partial charge in [0.25, 0.3) is 0 Å². The third-order valence-corrected chi connectivity index (χ3v) is 4.06. The number of carbonyl (C=O) groups excluding carboxylic acids is 1. The largest absolute Gasteiger partial charge is 0.457 e. The first-order valence-corrected chi connectivity index (χ1v) is 8.25. The average Bonchev–Trinajstić information content (AvgIpc) is 2.52. The van der Waals surface area contributed by atoms with Crippen LogP contribution < -0.4 is 0 Å². The summed E-state index contributed by atoms with van der Waals surface area (Å²) in [5.41, 5.74) is 1.44. The number of carbonyl (C=O) groups is 1. The highest BCUT2D eigenvalue weighted by atomic mass is 32.2. The fourth-order valence-corrected chi connectivity index (χ4v) is 2.43. The predicted molar refractivity (Wildman–Crippen MR) is 79.8 cm³/mol. The molecule has 0 aliphatic rings. The van der Waals surface area contributed by atoms with Crippen LogP contribution in [0.4, 0.5) is 0 Å². The summed E-state index contributed by atoms with van der Waals surface area (Å²) in [5.74, 6) is -0.602. The summed E-state index contributed by atoms with van der Waals surface area (Å²) in [6.45, 7) is 0.0493. The number of nitriles is 1. The number of hydrogen-bond acceptors (Lipinski definition) is 5. The number of nitrogens with zero attached hydrogens (tertiary/aromatic N) is 1. The zero-order chi connectivity index (χ0) is 16.2. The van der Waals surface area contributed by atoms with Gasteiger partial charge < -0.3 is 4.74 Å². The first-order chi connectivity index (χ1) is 10.4. The maximum absolute atomic E-state index is 12.0. The number of ether oxygens (including phenoxy) is 1. The maximum Gasteiger partial charge on any atom is 0.338 e. The molecule has 0 saturated carbocycles. The highest BCUT2D eigenvalue weighted by Crippen LogP contribution is 2.13. The second kappa shape index (κ2) is 6.41. The van der Waals surface area contributed by atoms with Gasteiger partial charge in [-0.1, -0.05) is 18.2 Å². The summed E-state index contributed by atoms with van der Waals surface area (Å²) < 4.78 is 28.1. The second-order valence-corrected chi connectivity index (χ2v) is 6.70. The lowest BCUT2D eigenvalue weighted by atomic mass is 10.1.